The first-order chi connectivity index (χ1) is 17.2. The third kappa shape index (κ3) is 5.66. The predicted octanol–water partition coefficient (Wildman–Crippen LogP) is 3.11. The number of hydrogen-bond acceptors (Lipinski definition) is 6. The Bertz CT molecular complexity index is 1360. The number of benzene rings is 3. The number of hydrogen-bond donors (Lipinski definition) is 3. The monoisotopic (exact) mass is 528 g/mol. The van der Waals surface area contributed by atoms with Crippen LogP contribution in [0.25, 0.3) is 10.8 Å². The summed E-state index contributed by atoms with van der Waals surface area (Å²) < 4.78 is 33.6. The molecule has 1 amide bonds. The Hall–Kier alpha value is -3.08. The first-order valence-corrected chi connectivity index (χ1v) is 13.6. The summed E-state index contributed by atoms with van der Waals surface area (Å²) in [5, 5.41) is 13.6. The van der Waals surface area contributed by atoms with E-state index in [0.29, 0.717) is 17.9 Å². The zero-order chi connectivity index (χ0) is 25.9. The SMILES string of the molecule is CCOc1ccc(C[C@H](NC(=O)[C@@H]2C[C@H](S)CN2S(=O)(=O)c2ccc3ccccc3c2)C(=O)O)cc1. The Balaban J connectivity index is 1.53. The number of nitrogens with one attached hydrogen (secondary N) is 1. The summed E-state index contributed by atoms with van der Waals surface area (Å²) in [5.41, 5.74) is 0.699. The summed E-state index contributed by atoms with van der Waals surface area (Å²) in [6.07, 6.45) is 0.221. The van der Waals surface area contributed by atoms with Crippen LogP contribution in [-0.4, -0.2) is 60.2 Å². The van der Waals surface area contributed by atoms with Crippen molar-refractivity contribution in [3.63, 3.8) is 0 Å². The van der Waals surface area contributed by atoms with E-state index in [1.165, 1.54) is 6.07 Å². The first kappa shape index (κ1) is 26.0. The lowest BCUT2D eigenvalue weighted by molar-refractivity contribution is -0.142. The summed E-state index contributed by atoms with van der Waals surface area (Å²) in [7, 11) is -4.02. The molecule has 4 rings (SSSR count). The third-order valence-corrected chi connectivity index (χ3v) is 8.40. The van der Waals surface area contributed by atoms with E-state index in [0.717, 1.165) is 15.1 Å². The van der Waals surface area contributed by atoms with Gasteiger partial charge in [-0.3, -0.25) is 4.79 Å². The van der Waals surface area contributed by atoms with E-state index in [1.807, 2.05) is 31.2 Å². The normalized spacial score (nSPS) is 19.2. The zero-order valence-corrected chi connectivity index (χ0v) is 21.4. The van der Waals surface area contributed by atoms with Crippen LogP contribution in [0.15, 0.2) is 71.6 Å². The summed E-state index contributed by atoms with van der Waals surface area (Å²) in [6.45, 7) is 2.43. The number of amides is 1. The molecule has 0 saturated carbocycles. The molecule has 0 unspecified atom stereocenters. The van der Waals surface area contributed by atoms with Crippen LogP contribution in [-0.2, 0) is 26.0 Å². The molecule has 1 aliphatic heterocycles. The van der Waals surface area contributed by atoms with E-state index >= 15 is 0 Å². The molecule has 1 saturated heterocycles. The number of carboxylic acids is 1. The van der Waals surface area contributed by atoms with Gasteiger partial charge in [-0.2, -0.15) is 16.9 Å². The van der Waals surface area contributed by atoms with Gasteiger partial charge in [-0.15, -0.1) is 0 Å². The second-order valence-electron chi connectivity index (χ2n) is 8.67. The van der Waals surface area contributed by atoms with E-state index in [9.17, 15) is 23.1 Å². The number of ether oxygens (including phenoxy) is 1. The van der Waals surface area contributed by atoms with Crippen molar-refractivity contribution in [1.82, 2.24) is 9.62 Å². The van der Waals surface area contributed by atoms with Gasteiger partial charge in [-0.05, 0) is 53.9 Å². The lowest BCUT2D eigenvalue weighted by Gasteiger charge is -2.25. The van der Waals surface area contributed by atoms with Crippen LogP contribution >= 0.6 is 12.6 Å². The molecule has 0 aliphatic carbocycles. The molecule has 1 heterocycles. The van der Waals surface area contributed by atoms with Gasteiger partial charge in [-0.25, -0.2) is 13.2 Å². The Morgan fingerprint density at radius 3 is 2.47 bits per heavy atom. The summed E-state index contributed by atoms with van der Waals surface area (Å²) in [5.74, 6) is -1.20. The standard InChI is InChI=1S/C26H28N2O6S2/c1-2-34-20-10-7-17(8-11-20)13-23(26(30)31)27-25(29)24-15-21(35)16-28(24)36(32,33)22-12-9-18-5-3-4-6-19(18)14-22/h3-12,14,21,23-24,35H,2,13,15-16H2,1H3,(H,27,29)(H,30,31)/t21-,23-,24-/m0/s1. The van der Waals surface area contributed by atoms with E-state index in [1.54, 1.807) is 36.4 Å². The number of fused-ring (bicyclic) bond motifs is 1. The minimum Gasteiger partial charge on any atom is -0.494 e. The molecule has 0 bridgehead atoms. The topological polar surface area (TPSA) is 113 Å². The van der Waals surface area contributed by atoms with Crippen LogP contribution in [0.4, 0.5) is 0 Å². The van der Waals surface area contributed by atoms with Gasteiger partial charge in [0.15, 0.2) is 0 Å². The second kappa shape index (κ2) is 10.9. The van der Waals surface area contributed by atoms with Gasteiger partial charge in [-0.1, -0.05) is 42.5 Å². The maximum absolute atomic E-state index is 13.5. The second-order valence-corrected chi connectivity index (χ2v) is 11.3. The highest BCUT2D eigenvalue weighted by molar-refractivity contribution is 7.89. The van der Waals surface area contributed by atoms with E-state index in [-0.39, 0.29) is 29.5 Å². The summed E-state index contributed by atoms with van der Waals surface area (Å²) >= 11 is 4.43. The van der Waals surface area contributed by atoms with Gasteiger partial charge < -0.3 is 15.2 Å². The lowest BCUT2D eigenvalue weighted by Crippen LogP contribution is -2.51. The van der Waals surface area contributed by atoms with Gasteiger partial charge in [0.2, 0.25) is 15.9 Å². The first-order valence-electron chi connectivity index (χ1n) is 11.6. The van der Waals surface area contributed by atoms with Crippen LogP contribution in [0.2, 0.25) is 0 Å². The number of thiol groups is 1. The largest absolute Gasteiger partial charge is 0.494 e. The minimum absolute atomic E-state index is 0.0436. The summed E-state index contributed by atoms with van der Waals surface area (Å²) in [4.78, 5) is 25.2. The smallest absolute Gasteiger partial charge is 0.326 e. The fourth-order valence-corrected chi connectivity index (χ4v) is 6.51. The van der Waals surface area contributed by atoms with Crippen molar-refractivity contribution < 1.29 is 27.9 Å². The predicted molar refractivity (Wildman–Crippen MR) is 140 cm³/mol. The number of carboxylic acid groups (broad SMARTS) is 1. The number of nitrogens with zero attached hydrogens (tertiary/aromatic N) is 1. The maximum atomic E-state index is 13.5. The van der Waals surface area contributed by atoms with Crippen molar-refractivity contribution in [3.05, 3.63) is 72.3 Å². The van der Waals surface area contributed by atoms with Crippen molar-refractivity contribution in [2.24, 2.45) is 0 Å². The lowest BCUT2D eigenvalue weighted by atomic mass is 10.1. The van der Waals surface area contributed by atoms with Crippen LogP contribution < -0.4 is 10.1 Å². The zero-order valence-electron chi connectivity index (χ0n) is 19.7. The minimum atomic E-state index is -4.02. The van der Waals surface area contributed by atoms with E-state index < -0.39 is 34.0 Å². The van der Waals surface area contributed by atoms with E-state index in [4.69, 9.17) is 4.74 Å². The Morgan fingerprint density at radius 1 is 1.11 bits per heavy atom. The molecule has 3 aromatic rings. The average molecular weight is 529 g/mol. The number of carbonyl (C=O) groups excluding carboxylic acids is 1. The van der Waals surface area contributed by atoms with Gasteiger partial charge >= 0.3 is 5.97 Å². The van der Waals surface area contributed by atoms with Crippen LogP contribution in [0.3, 0.4) is 0 Å². The van der Waals surface area contributed by atoms with Crippen LogP contribution in [0, 0.1) is 0 Å². The van der Waals surface area contributed by atoms with Crippen molar-refractivity contribution in [1.29, 1.82) is 0 Å². The highest BCUT2D eigenvalue weighted by Crippen LogP contribution is 2.30. The highest BCUT2D eigenvalue weighted by atomic mass is 32.2. The van der Waals surface area contributed by atoms with Crippen LogP contribution in [0.5, 0.6) is 5.75 Å². The molecule has 1 aliphatic rings. The van der Waals surface area contributed by atoms with Crippen molar-refractivity contribution in [3.8, 4) is 5.75 Å². The van der Waals surface area contributed by atoms with Crippen molar-refractivity contribution >= 4 is 45.3 Å². The molecule has 10 heteroatoms. The molecule has 8 nitrogen and oxygen atoms in total. The molecule has 3 aromatic carbocycles. The van der Waals surface area contributed by atoms with Crippen molar-refractivity contribution in [2.45, 2.75) is 42.0 Å². The molecular formula is C26H28N2O6S2. The Kier molecular flexibility index (Phi) is 7.87. The van der Waals surface area contributed by atoms with Crippen LogP contribution in [0.1, 0.15) is 18.9 Å². The number of rotatable bonds is 9. The molecule has 190 valence electrons. The molecule has 36 heavy (non-hydrogen) atoms. The maximum Gasteiger partial charge on any atom is 0.326 e. The molecule has 0 radical (unpaired) electrons. The van der Waals surface area contributed by atoms with Gasteiger partial charge in [0.25, 0.3) is 0 Å². The van der Waals surface area contributed by atoms with Gasteiger partial charge in [0.1, 0.15) is 17.8 Å². The fourth-order valence-electron chi connectivity index (χ4n) is 4.34. The molecular weight excluding hydrogens is 500 g/mol. The average Bonchev–Trinajstić information content (AvgIpc) is 3.27. The number of sulfonamides is 1. The molecule has 0 aromatic heterocycles. The third-order valence-electron chi connectivity index (χ3n) is 6.15. The molecule has 3 atom stereocenters. The highest BCUT2D eigenvalue weighted by Gasteiger charge is 2.43. The molecule has 1 fully saturated rings. The number of aliphatic carboxylic acids is 1. The Labute approximate surface area is 215 Å². The van der Waals surface area contributed by atoms with E-state index in [2.05, 4.69) is 17.9 Å². The van der Waals surface area contributed by atoms with Crippen molar-refractivity contribution in [2.75, 3.05) is 13.2 Å². The van der Waals surface area contributed by atoms with Gasteiger partial charge in [0, 0.05) is 18.2 Å². The van der Waals surface area contributed by atoms with Gasteiger partial charge in [0.05, 0.1) is 11.5 Å². The quantitative estimate of drug-likeness (QED) is 0.368. The number of carbonyl (C=O) groups is 2. The Morgan fingerprint density at radius 2 is 1.81 bits per heavy atom. The fraction of sp³-hybridized carbons (Fsp3) is 0.308. The molecule has 0 spiro atoms. The molecule has 2 N–H and O–H groups in total. The summed E-state index contributed by atoms with van der Waals surface area (Å²) in [6, 6.07) is 16.9.